The Bertz CT molecular complexity index is 1990. The van der Waals surface area contributed by atoms with Gasteiger partial charge in [-0.2, -0.15) is 0 Å². The summed E-state index contributed by atoms with van der Waals surface area (Å²) in [5.74, 6) is -7.41. The van der Waals surface area contributed by atoms with E-state index in [-0.39, 0.29) is 12.8 Å². The van der Waals surface area contributed by atoms with Crippen LogP contribution in [0.25, 0.3) is 21.8 Å². The second-order valence-electron chi connectivity index (χ2n) is 12.5. The highest BCUT2D eigenvalue weighted by Crippen LogP contribution is 2.21. The highest BCUT2D eigenvalue weighted by molar-refractivity contribution is 5.98. The number of nitrogens with two attached hydrogens (primary N) is 1. The van der Waals surface area contributed by atoms with Crippen molar-refractivity contribution in [3.8, 4) is 0 Å². The third-order valence-corrected chi connectivity index (χ3v) is 8.43. The van der Waals surface area contributed by atoms with Gasteiger partial charge < -0.3 is 57.6 Å². The number of para-hydroxylation sites is 2. The van der Waals surface area contributed by atoms with Crippen molar-refractivity contribution in [3.05, 3.63) is 72.1 Å². The standard InChI is InChI=1S/C35H42N8O10/c1-17(36)30(47)40-27(13-29(45)46)33(50)41-26(12-20-15-38-24-10-6-4-8-22(20)24)32(49)43-28(16-44)34(51)42-25(31(48)39-18(2)35(52)53)11-19-14-37-23-9-5-3-7-21(19)23/h3-10,14-15,17-18,25-28,37-38,44H,11-13,16,36H2,1-2H3,(H,39,48)(H,40,47)(H,41,50)(H,42,51)(H,43,49)(H,45,46)(H,52,53). The molecule has 18 heteroatoms. The van der Waals surface area contributed by atoms with E-state index in [4.69, 9.17) is 5.73 Å². The molecule has 0 aliphatic carbocycles. The normalized spacial score (nSPS) is 14.6. The Kier molecular flexibility index (Phi) is 13.3. The summed E-state index contributed by atoms with van der Waals surface area (Å²) < 4.78 is 0. The van der Waals surface area contributed by atoms with Crippen molar-refractivity contribution in [2.75, 3.05) is 6.61 Å². The van der Waals surface area contributed by atoms with Gasteiger partial charge in [-0.1, -0.05) is 36.4 Å². The molecule has 2 aromatic carbocycles. The molecule has 0 bridgehead atoms. The number of nitrogens with one attached hydrogen (secondary N) is 7. The summed E-state index contributed by atoms with van der Waals surface area (Å²) in [6, 6.07) is 5.73. The fourth-order valence-corrected chi connectivity index (χ4v) is 5.53. The third kappa shape index (κ3) is 10.4. The summed E-state index contributed by atoms with van der Waals surface area (Å²) in [6.07, 6.45) is 2.12. The molecule has 4 rings (SSSR count). The van der Waals surface area contributed by atoms with E-state index in [1.807, 2.05) is 0 Å². The molecule has 0 radical (unpaired) electrons. The number of carboxylic acid groups (broad SMARTS) is 2. The van der Waals surface area contributed by atoms with E-state index in [2.05, 4.69) is 36.6 Å². The Balaban J connectivity index is 1.58. The SMILES string of the molecule is CC(N)C(=O)NC(CC(=O)O)C(=O)NC(Cc1c[nH]c2ccccc12)C(=O)NC(CO)C(=O)NC(Cc1c[nH]c2ccccc12)C(=O)NC(C)C(=O)O. The quantitative estimate of drug-likeness (QED) is 0.0576. The summed E-state index contributed by atoms with van der Waals surface area (Å²) in [5.41, 5.74) is 8.22. The Morgan fingerprint density at radius 2 is 1.04 bits per heavy atom. The molecular formula is C35H42N8O10. The molecule has 0 saturated carbocycles. The van der Waals surface area contributed by atoms with E-state index >= 15 is 0 Å². The molecule has 0 aliphatic rings. The molecule has 2 aromatic heterocycles. The van der Waals surface area contributed by atoms with E-state index in [9.17, 15) is 48.9 Å². The number of aromatic amines is 2. The number of benzene rings is 2. The van der Waals surface area contributed by atoms with E-state index < -0.39 is 90.8 Å². The zero-order chi connectivity index (χ0) is 38.8. The molecule has 6 unspecified atom stereocenters. The Morgan fingerprint density at radius 1 is 0.623 bits per heavy atom. The molecule has 0 aliphatic heterocycles. The van der Waals surface area contributed by atoms with Crippen LogP contribution >= 0.6 is 0 Å². The van der Waals surface area contributed by atoms with Crippen molar-refractivity contribution >= 4 is 63.3 Å². The summed E-state index contributed by atoms with van der Waals surface area (Å²) in [6.45, 7) is 1.62. The number of carboxylic acids is 2. The van der Waals surface area contributed by atoms with E-state index in [0.29, 0.717) is 22.0 Å². The number of aliphatic hydroxyl groups excluding tert-OH is 1. The van der Waals surface area contributed by atoms with Crippen molar-refractivity contribution in [1.29, 1.82) is 0 Å². The number of carbonyl (C=O) groups is 7. The van der Waals surface area contributed by atoms with Crippen molar-refractivity contribution in [3.63, 3.8) is 0 Å². The molecule has 6 atom stereocenters. The number of fused-ring (bicyclic) bond motifs is 2. The molecule has 0 saturated heterocycles. The second kappa shape index (κ2) is 17.8. The van der Waals surface area contributed by atoms with Crippen LogP contribution in [0.15, 0.2) is 60.9 Å². The number of aliphatic hydroxyl groups is 1. The average Bonchev–Trinajstić information content (AvgIpc) is 3.72. The van der Waals surface area contributed by atoms with Crippen molar-refractivity contribution in [2.45, 2.75) is 69.4 Å². The molecule has 18 nitrogen and oxygen atoms in total. The zero-order valence-corrected chi connectivity index (χ0v) is 28.8. The zero-order valence-electron chi connectivity index (χ0n) is 28.8. The number of aliphatic carboxylic acids is 2. The third-order valence-electron chi connectivity index (χ3n) is 8.43. The van der Waals surface area contributed by atoms with Gasteiger partial charge in [-0.05, 0) is 37.1 Å². The average molecular weight is 735 g/mol. The van der Waals surface area contributed by atoms with Crippen LogP contribution < -0.4 is 32.3 Å². The van der Waals surface area contributed by atoms with Gasteiger partial charge in [0.2, 0.25) is 29.5 Å². The van der Waals surface area contributed by atoms with Crippen LogP contribution in [0.2, 0.25) is 0 Å². The molecule has 53 heavy (non-hydrogen) atoms. The van der Waals surface area contributed by atoms with Crippen LogP contribution in [0.4, 0.5) is 0 Å². The number of aromatic nitrogens is 2. The maximum Gasteiger partial charge on any atom is 0.325 e. The van der Waals surface area contributed by atoms with Gasteiger partial charge in [0.1, 0.15) is 30.2 Å². The molecule has 0 fully saturated rings. The van der Waals surface area contributed by atoms with E-state index in [1.165, 1.54) is 13.8 Å². The summed E-state index contributed by atoms with van der Waals surface area (Å²) >= 11 is 0. The lowest BCUT2D eigenvalue weighted by Crippen LogP contribution is -2.60. The Labute approximate surface area is 302 Å². The van der Waals surface area contributed by atoms with E-state index in [0.717, 1.165) is 10.9 Å². The minimum absolute atomic E-state index is 0.0998. The van der Waals surface area contributed by atoms with Crippen molar-refractivity contribution in [2.24, 2.45) is 5.73 Å². The lowest BCUT2D eigenvalue weighted by atomic mass is 10.0. The number of rotatable bonds is 18. The monoisotopic (exact) mass is 734 g/mol. The fourth-order valence-electron chi connectivity index (χ4n) is 5.53. The van der Waals surface area contributed by atoms with Gasteiger partial charge in [-0.15, -0.1) is 0 Å². The van der Waals surface area contributed by atoms with Crippen LogP contribution in [0.1, 0.15) is 31.4 Å². The maximum absolute atomic E-state index is 13.8. The van der Waals surface area contributed by atoms with Crippen LogP contribution in [-0.2, 0) is 46.4 Å². The highest BCUT2D eigenvalue weighted by atomic mass is 16.4. The molecular weight excluding hydrogens is 692 g/mol. The second-order valence-corrected chi connectivity index (χ2v) is 12.5. The predicted octanol–water partition coefficient (Wildman–Crippen LogP) is -1.22. The summed E-state index contributed by atoms with van der Waals surface area (Å²) in [4.78, 5) is 95.5. The molecule has 5 amide bonds. The topological polar surface area (TPSA) is 298 Å². The van der Waals surface area contributed by atoms with Crippen LogP contribution in [0.5, 0.6) is 0 Å². The lowest BCUT2D eigenvalue weighted by molar-refractivity contribution is -0.142. The molecule has 2 heterocycles. The van der Waals surface area contributed by atoms with Gasteiger partial charge >= 0.3 is 11.9 Å². The smallest absolute Gasteiger partial charge is 0.325 e. The summed E-state index contributed by atoms with van der Waals surface area (Å²) in [5, 5.41) is 42.3. The lowest BCUT2D eigenvalue weighted by Gasteiger charge is -2.26. The predicted molar refractivity (Wildman–Crippen MR) is 190 cm³/mol. The van der Waals surface area contributed by atoms with Gasteiger partial charge in [0.15, 0.2) is 0 Å². The van der Waals surface area contributed by atoms with Crippen molar-refractivity contribution < 1.29 is 48.9 Å². The first-order chi connectivity index (χ1) is 25.2. The highest BCUT2D eigenvalue weighted by Gasteiger charge is 2.33. The van der Waals surface area contributed by atoms with Crippen LogP contribution in [-0.4, -0.2) is 110 Å². The first-order valence-electron chi connectivity index (χ1n) is 16.6. The van der Waals surface area contributed by atoms with Crippen LogP contribution in [0.3, 0.4) is 0 Å². The number of hydrogen-bond acceptors (Lipinski definition) is 9. The largest absolute Gasteiger partial charge is 0.481 e. The van der Waals surface area contributed by atoms with Gasteiger partial charge in [0, 0.05) is 47.0 Å². The van der Waals surface area contributed by atoms with Gasteiger partial charge in [0.05, 0.1) is 19.1 Å². The van der Waals surface area contributed by atoms with Gasteiger partial charge in [-0.25, -0.2) is 0 Å². The number of H-pyrrole nitrogens is 2. The Hall–Kier alpha value is -6.27. The molecule has 282 valence electrons. The number of amides is 5. The Morgan fingerprint density at radius 3 is 1.49 bits per heavy atom. The van der Waals surface area contributed by atoms with Crippen LogP contribution in [0, 0.1) is 0 Å². The van der Waals surface area contributed by atoms with E-state index in [1.54, 1.807) is 60.9 Å². The van der Waals surface area contributed by atoms with Gasteiger partial charge in [-0.3, -0.25) is 33.6 Å². The molecule has 12 N–H and O–H groups in total. The minimum atomic E-state index is -1.67. The maximum atomic E-state index is 13.8. The number of hydrogen-bond donors (Lipinski definition) is 11. The van der Waals surface area contributed by atoms with Crippen molar-refractivity contribution in [1.82, 2.24) is 36.6 Å². The fraction of sp³-hybridized carbons (Fsp3) is 0.343. The minimum Gasteiger partial charge on any atom is -0.481 e. The molecule has 4 aromatic rings. The number of carbonyl (C=O) groups excluding carboxylic acids is 5. The molecule has 0 spiro atoms. The summed E-state index contributed by atoms with van der Waals surface area (Å²) in [7, 11) is 0. The first-order valence-corrected chi connectivity index (χ1v) is 16.6. The van der Waals surface area contributed by atoms with Gasteiger partial charge in [0.25, 0.3) is 0 Å². The first kappa shape index (κ1) is 39.5.